The predicted molar refractivity (Wildman–Crippen MR) is 86.9 cm³/mol. The number of ether oxygens (including phenoxy) is 1. The predicted octanol–water partition coefficient (Wildman–Crippen LogP) is 2.06. The number of nitriles is 1. The maximum Gasteiger partial charge on any atom is 0.313 e. The standard InChI is InChI=1S/C16H15N3O3S/c1-22-14(12-6-7-23-10-12)9-18-15(20)16(21)19-13-5-3-2-4-11(13)8-17/h2-7,10,14H,9H2,1H3,(H,18,20)(H,19,21). The molecule has 1 aromatic carbocycles. The largest absolute Gasteiger partial charge is 0.375 e. The van der Waals surface area contributed by atoms with Gasteiger partial charge in [0.25, 0.3) is 0 Å². The van der Waals surface area contributed by atoms with Gasteiger partial charge in [0, 0.05) is 13.7 Å². The number of amides is 2. The van der Waals surface area contributed by atoms with Gasteiger partial charge in [0.15, 0.2) is 0 Å². The molecule has 0 fully saturated rings. The molecular formula is C16H15N3O3S. The number of carbonyl (C=O) groups is 2. The molecule has 118 valence electrons. The van der Waals surface area contributed by atoms with Gasteiger partial charge in [0.2, 0.25) is 0 Å². The van der Waals surface area contributed by atoms with Gasteiger partial charge in [-0.15, -0.1) is 0 Å². The second kappa shape index (κ2) is 8.08. The first-order chi connectivity index (χ1) is 11.2. The third kappa shape index (κ3) is 4.39. The van der Waals surface area contributed by atoms with E-state index in [1.807, 2.05) is 22.9 Å². The lowest BCUT2D eigenvalue weighted by Crippen LogP contribution is -2.38. The number of hydrogen-bond donors (Lipinski definition) is 2. The summed E-state index contributed by atoms with van der Waals surface area (Å²) in [5.74, 6) is -1.61. The molecule has 0 radical (unpaired) electrons. The molecule has 0 saturated heterocycles. The van der Waals surface area contributed by atoms with Crippen molar-refractivity contribution >= 4 is 28.8 Å². The van der Waals surface area contributed by atoms with Crippen molar-refractivity contribution < 1.29 is 14.3 Å². The fraction of sp³-hybridized carbons (Fsp3) is 0.188. The number of rotatable bonds is 5. The Morgan fingerprint density at radius 2 is 2.09 bits per heavy atom. The number of nitrogens with zero attached hydrogens (tertiary/aromatic N) is 1. The summed E-state index contributed by atoms with van der Waals surface area (Å²) < 4.78 is 5.30. The molecule has 2 N–H and O–H groups in total. The highest BCUT2D eigenvalue weighted by atomic mass is 32.1. The van der Waals surface area contributed by atoms with Gasteiger partial charge in [0.05, 0.1) is 11.3 Å². The van der Waals surface area contributed by atoms with Gasteiger partial charge in [-0.1, -0.05) is 12.1 Å². The molecule has 1 atom stereocenters. The van der Waals surface area contributed by atoms with Crippen molar-refractivity contribution in [3.63, 3.8) is 0 Å². The molecule has 23 heavy (non-hydrogen) atoms. The molecule has 7 heteroatoms. The van der Waals surface area contributed by atoms with E-state index in [1.165, 1.54) is 18.4 Å². The molecule has 2 amide bonds. The van der Waals surface area contributed by atoms with Crippen LogP contribution in [0.3, 0.4) is 0 Å². The van der Waals surface area contributed by atoms with Crippen molar-refractivity contribution in [1.82, 2.24) is 5.32 Å². The first kappa shape index (κ1) is 16.7. The Balaban J connectivity index is 1.93. The molecule has 2 rings (SSSR count). The second-order valence-corrected chi connectivity index (χ2v) is 5.38. The highest BCUT2D eigenvalue weighted by Gasteiger charge is 2.18. The van der Waals surface area contributed by atoms with Crippen LogP contribution >= 0.6 is 11.3 Å². The van der Waals surface area contributed by atoms with Crippen LogP contribution in [0.5, 0.6) is 0 Å². The van der Waals surface area contributed by atoms with E-state index in [4.69, 9.17) is 10.00 Å². The van der Waals surface area contributed by atoms with Crippen LogP contribution in [-0.2, 0) is 14.3 Å². The number of methoxy groups -OCH3 is 1. The van der Waals surface area contributed by atoms with Gasteiger partial charge >= 0.3 is 11.8 Å². The Kier molecular flexibility index (Phi) is 5.86. The van der Waals surface area contributed by atoms with E-state index < -0.39 is 11.8 Å². The number of hydrogen-bond acceptors (Lipinski definition) is 5. The van der Waals surface area contributed by atoms with E-state index in [2.05, 4.69) is 10.6 Å². The number of nitrogens with one attached hydrogen (secondary N) is 2. The van der Waals surface area contributed by atoms with E-state index in [1.54, 1.807) is 24.3 Å². The molecule has 0 bridgehead atoms. The van der Waals surface area contributed by atoms with Crippen LogP contribution in [0.2, 0.25) is 0 Å². The van der Waals surface area contributed by atoms with Crippen molar-refractivity contribution in [2.24, 2.45) is 0 Å². The van der Waals surface area contributed by atoms with E-state index in [9.17, 15) is 9.59 Å². The molecule has 1 heterocycles. The average Bonchev–Trinajstić information content (AvgIpc) is 3.10. The number of para-hydroxylation sites is 1. The van der Waals surface area contributed by atoms with Gasteiger partial charge in [-0.25, -0.2) is 0 Å². The summed E-state index contributed by atoms with van der Waals surface area (Å²) in [6.07, 6.45) is -0.315. The van der Waals surface area contributed by atoms with Crippen LogP contribution in [-0.4, -0.2) is 25.5 Å². The van der Waals surface area contributed by atoms with Gasteiger partial charge in [-0.05, 0) is 34.5 Å². The first-order valence-electron chi connectivity index (χ1n) is 6.79. The molecular weight excluding hydrogens is 314 g/mol. The third-order valence-electron chi connectivity index (χ3n) is 3.15. The number of carbonyl (C=O) groups excluding carboxylic acids is 2. The molecule has 1 aromatic heterocycles. The van der Waals surface area contributed by atoms with E-state index in [-0.39, 0.29) is 12.6 Å². The van der Waals surface area contributed by atoms with Crippen molar-refractivity contribution in [1.29, 1.82) is 5.26 Å². The highest BCUT2D eigenvalue weighted by Crippen LogP contribution is 2.18. The van der Waals surface area contributed by atoms with Crippen molar-refractivity contribution in [2.45, 2.75) is 6.10 Å². The molecule has 0 spiro atoms. The lowest BCUT2D eigenvalue weighted by molar-refractivity contribution is -0.136. The van der Waals surface area contributed by atoms with Crippen molar-refractivity contribution in [3.05, 3.63) is 52.2 Å². The Labute approximate surface area is 137 Å². The SMILES string of the molecule is COC(CNC(=O)C(=O)Nc1ccccc1C#N)c1ccsc1. The summed E-state index contributed by atoms with van der Waals surface area (Å²) in [5, 5.41) is 17.7. The van der Waals surface area contributed by atoms with Crippen LogP contribution in [0.15, 0.2) is 41.1 Å². The quantitative estimate of drug-likeness (QED) is 0.822. The van der Waals surface area contributed by atoms with E-state index in [0.29, 0.717) is 11.3 Å². The Hall–Kier alpha value is -2.69. The maximum atomic E-state index is 11.9. The molecule has 0 aliphatic rings. The molecule has 0 aliphatic heterocycles. The minimum absolute atomic E-state index is 0.180. The van der Waals surface area contributed by atoms with Crippen LogP contribution in [0.1, 0.15) is 17.2 Å². The fourth-order valence-corrected chi connectivity index (χ4v) is 2.63. The summed E-state index contributed by atoms with van der Waals surface area (Å²) in [4.78, 5) is 23.8. The van der Waals surface area contributed by atoms with Crippen molar-refractivity contribution in [3.8, 4) is 6.07 Å². The molecule has 0 aliphatic carbocycles. The summed E-state index contributed by atoms with van der Waals surface area (Å²) in [6, 6.07) is 10.3. The smallest absolute Gasteiger partial charge is 0.313 e. The Bertz CT molecular complexity index is 722. The van der Waals surface area contributed by atoms with E-state index in [0.717, 1.165) is 5.56 Å². The number of benzene rings is 1. The lowest BCUT2D eigenvalue weighted by Gasteiger charge is -2.15. The normalized spacial score (nSPS) is 11.3. The van der Waals surface area contributed by atoms with E-state index >= 15 is 0 Å². The fourth-order valence-electron chi connectivity index (χ4n) is 1.93. The van der Waals surface area contributed by atoms with Crippen molar-refractivity contribution in [2.75, 3.05) is 19.0 Å². The molecule has 2 aromatic rings. The molecule has 1 unspecified atom stereocenters. The average molecular weight is 329 g/mol. The summed E-state index contributed by atoms with van der Waals surface area (Å²) in [6.45, 7) is 0.180. The monoisotopic (exact) mass is 329 g/mol. The summed E-state index contributed by atoms with van der Waals surface area (Å²) >= 11 is 1.53. The van der Waals surface area contributed by atoms with Gasteiger partial charge in [0.1, 0.15) is 12.2 Å². The van der Waals surface area contributed by atoms with Gasteiger partial charge in [-0.2, -0.15) is 16.6 Å². The van der Waals surface area contributed by atoms with Gasteiger partial charge in [-0.3, -0.25) is 9.59 Å². The minimum Gasteiger partial charge on any atom is -0.375 e. The van der Waals surface area contributed by atoms with Crippen LogP contribution in [0.4, 0.5) is 5.69 Å². The summed E-state index contributed by atoms with van der Waals surface area (Å²) in [7, 11) is 1.54. The highest BCUT2D eigenvalue weighted by molar-refractivity contribution is 7.07. The molecule has 0 saturated carbocycles. The lowest BCUT2D eigenvalue weighted by atomic mass is 10.2. The van der Waals surface area contributed by atoms with Gasteiger partial charge < -0.3 is 15.4 Å². The zero-order valence-corrected chi connectivity index (χ0v) is 13.2. The zero-order chi connectivity index (χ0) is 16.7. The number of thiophene rings is 1. The second-order valence-electron chi connectivity index (χ2n) is 4.60. The van der Waals surface area contributed by atoms with Crippen LogP contribution in [0.25, 0.3) is 0 Å². The Morgan fingerprint density at radius 3 is 2.74 bits per heavy atom. The van der Waals surface area contributed by atoms with Crippen LogP contribution < -0.4 is 10.6 Å². The topological polar surface area (TPSA) is 91.2 Å². The minimum atomic E-state index is -0.826. The summed E-state index contributed by atoms with van der Waals surface area (Å²) in [5.41, 5.74) is 1.53. The zero-order valence-electron chi connectivity index (χ0n) is 12.4. The maximum absolute atomic E-state index is 11.9. The first-order valence-corrected chi connectivity index (χ1v) is 7.73. The molecule has 6 nitrogen and oxygen atoms in total. The Morgan fingerprint density at radius 1 is 1.30 bits per heavy atom. The van der Waals surface area contributed by atoms with Crippen LogP contribution in [0, 0.1) is 11.3 Å². The third-order valence-corrected chi connectivity index (χ3v) is 3.85. The number of anilines is 1.